The van der Waals surface area contributed by atoms with Crippen molar-refractivity contribution in [3.63, 3.8) is 0 Å². The molecule has 3 heteroatoms. The van der Waals surface area contributed by atoms with E-state index in [1.165, 1.54) is 44.2 Å². The van der Waals surface area contributed by atoms with E-state index in [1.54, 1.807) is 6.07 Å². The molecule has 1 aromatic rings. The molecule has 2 rings (SSSR count). The molecular formula is C15H18FNO. The highest BCUT2D eigenvalue weighted by Crippen LogP contribution is 2.24. The number of ether oxygens (including phenoxy) is 1. The fourth-order valence-electron chi connectivity index (χ4n) is 2.50. The molecule has 96 valence electrons. The third kappa shape index (κ3) is 3.82. The molecule has 1 saturated carbocycles. The molecule has 0 N–H and O–H groups in total. The minimum Gasteiger partial charge on any atom is -0.376 e. The standard InChI is InChI=1S/C15H18FNO/c16-15-7-13(9-17)6-14(8-15)11-18-10-12-4-2-1-3-5-12/h6-8,12H,1-5,10-11H2. The maximum atomic E-state index is 13.2. The molecule has 0 aromatic heterocycles. The van der Waals surface area contributed by atoms with Crippen molar-refractivity contribution in [2.24, 2.45) is 5.92 Å². The predicted octanol–water partition coefficient (Wildman–Crippen LogP) is 3.79. The molecular weight excluding hydrogens is 229 g/mol. The summed E-state index contributed by atoms with van der Waals surface area (Å²) in [5.41, 5.74) is 1.09. The summed E-state index contributed by atoms with van der Waals surface area (Å²) < 4.78 is 18.8. The molecule has 0 atom stereocenters. The summed E-state index contributed by atoms with van der Waals surface area (Å²) in [5, 5.41) is 8.76. The minimum absolute atomic E-state index is 0.353. The Morgan fingerprint density at radius 1 is 1.22 bits per heavy atom. The van der Waals surface area contributed by atoms with Crippen molar-refractivity contribution in [3.8, 4) is 6.07 Å². The van der Waals surface area contributed by atoms with Gasteiger partial charge in [0, 0.05) is 6.61 Å². The first-order valence-electron chi connectivity index (χ1n) is 6.55. The monoisotopic (exact) mass is 247 g/mol. The van der Waals surface area contributed by atoms with Gasteiger partial charge in [0.2, 0.25) is 0 Å². The average molecular weight is 247 g/mol. The Hall–Kier alpha value is -1.40. The Morgan fingerprint density at radius 2 is 2.00 bits per heavy atom. The Labute approximate surface area is 107 Å². The van der Waals surface area contributed by atoms with Crippen LogP contribution in [0.3, 0.4) is 0 Å². The van der Waals surface area contributed by atoms with Crippen molar-refractivity contribution in [3.05, 3.63) is 35.1 Å². The topological polar surface area (TPSA) is 33.0 Å². The van der Waals surface area contributed by atoms with E-state index in [9.17, 15) is 4.39 Å². The second kappa shape index (κ2) is 6.51. The van der Waals surface area contributed by atoms with Gasteiger partial charge in [-0.15, -0.1) is 0 Å². The minimum atomic E-state index is -0.370. The highest BCUT2D eigenvalue weighted by atomic mass is 19.1. The lowest BCUT2D eigenvalue weighted by atomic mass is 9.90. The summed E-state index contributed by atoms with van der Waals surface area (Å²) in [6.07, 6.45) is 6.42. The molecule has 0 heterocycles. The van der Waals surface area contributed by atoms with E-state index in [1.807, 2.05) is 6.07 Å². The van der Waals surface area contributed by atoms with Gasteiger partial charge in [0.1, 0.15) is 5.82 Å². The van der Waals surface area contributed by atoms with Gasteiger partial charge in [0.25, 0.3) is 0 Å². The largest absolute Gasteiger partial charge is 0.376 e. The average Bonchev–Trinajstić information content (AvgIpc) is 2.39. The number of rotatable bonds is 4. The number of nitriles is 1. The van der Waals surface area contributed by atoms with Crippen molar-refractivity contribution in [2.45, 2.75) is 38.7 Å². The third-order valence-corrected chi connectivity index (χ3v) is 3.43. The Bertz CT molecular complexity index is 433. The summed E-state index contributed by atoms with van der Waals surface area (Å²) in [5.74, 6) is 0.285. The van der Waals surface area contributed by atoms with Gasteiger partial charge in [-0.1, -0.05) is 19.3 Å². The highest BCUT2D eigenvalue weighted by molar-refractivity contribution is 5.33. The van der Waals surface area contributed by atoms with Gasteiger partial charge in [-0.2, -0.15) is 5.26 Å². The van der Waals surface area contributed by atoms with Gasteiger partial charge in [0.05, 0.1) is 18.2 Å². The van der Waals surface area contributed by atoms with E-state index in [4.69, 9.17) is 10.00 Å². The zero-order valence-electron chi connectivity index (χ0n) is 10.5. The van der Waals surface area contributed by atoms with Crippen LogP contribution >= 0.6 is 0 Å². The van der Waals surface area contributed by atoms with Crippen LogP contribution in [0.2, 0.25) is 0 Å². The lowest BCUT2D eigenvalue weighted by Crippen LogP contribution is -2.13. The van der Waals surface area contributed by atoms with Crippen LogP contribution in [0.4, 0.5) is 4.39 Å². The van der Waals surface area contributed by atoms with Gasteiger partial charge in [-0.3, -0.25) is 0 Å². The number of halogens is 1. The molecule has 1 aromatic carbocycles. The molecule has 0 unspecified atom stereocenters. The fourth-order valence-corrected chi connectivity index (χ4v) is 2.50. The van der Waals surface area contributed by atoms with E-state index in [-0.39, 0.29) is 5.82 Å². The van der Waals surface area contributed by atoms with Crippen LogP contribution < -0.4 is 0 Å². The lowest BCUT2D eigenvalue weighted by Gasteiger charge is -2.21. The van der Waals surface area contributed by atoms with Crippen LogP contribution in [-0.4, -0.2) is 6.61 Å². The Balaban J connectivity index is 1.82. The highest BCUT2D eigenvalue weighted by Gasteiger charge is 2.13. The Kier molecular flexibility index (Phi) is 4.72. The van der Waals surface area contributed by atoms with Gasteiger partial charge in [-0.05, 0) is 42.5 Å². The van der Waals surface area contributed by atoms with E-state index < -0.39 is 0 Å². The fraction of sp³-hybridized carbons (Fsp3) is 0.533. The number of hydrogen-bond donors (Lipinski definition) is 0. The summed E-state index contributed by atoms with van der Waals surface area (Å²) in [4.78, 5) is 0. The maximum Gasteiger partial charge on any atom is 0.124 e. The number of benzene rings is 1. The summed E-state index contributed by atoms with van der Waals surface area (Å²) >= 11 is 0. The van der Waals surface area contributed by atoms with Crippen molar-refractivity contribution in [1.29, 1.82) is 5.26 Å². The second-order valence-corrected chi connectivity index (χ2v) is 4.98. The number of nitrogens with zero attached hydrogens (tertiary/aromatic N) is 1. The quantitative estimate of drug-likeness (QED) is 0.810. The first-order chi connectivity index (χ1) is 8.78. The van der Waals surface area contributed by atoms with Gasteiger partial charge in [-0.25, -0.2) is 4.39 Å². The number of hydrogen-bond acceptors (Lipinski definition) is 2. The molecule has 0 aliphatic heterocycles. The van der Waals surface area contributed by atoms with Gasteiger partial charge in [0.15, 0.2) is 0 Å². The predicted molar refractivity (Wildman–Crippen MR) is 67.3 cm³/mol. The summed E-state index contributed by atoms with van der Waals surface area (Å²) in [7, 11) is 0. The van der Waals surface area contributed by atoms with E-state index in [0.717, 1.165) is 12.2 Å². The lowest BCUT2D eigenvalue weighted by molar-refractivity contribution is 0.0738. The molecule has 0 bridgehead atoms. The van der Waals surface area contributed by atoms with E-state index in [2.05, 4.69) is 0 Å². The molecule has 1 aliphatic carbocycles. The van der Waals surface area contributed by atoms with E-state index in [0.29, 0.717) is 18.1 Å². The van der Waals surface area contributed by atoms with E-state index >= 15 is 0 Å². The van der Waals surface area contributed by atoms with Crippen molar-refractivity contribution < 1.29 is 9.13 Å². The van der Waals surface area contributed by atoms with Crippen molar-refractivity contribution in [1.82, 2.24) is 0 Å². The van der Waals surface area contributed by atoms with Gasteiger partial charge < -0.3 is 4.74 Å². The second-order valence-electron chi connectivity index (χ2n) is 4.98. The maximum absolute atomic E-state index is 13.2. The van der Waals surface area contributed by atoms with Crippen LogP contribution in [0.1, 0.15) is 43.2 Å². The van der Waals surface area contributed by atoms with Gasteiger partial charge >= 0.3 is 0 Å². The van der Waals surface area contributed by atoms with Crippen LogP contribution in [-0.2, 0) is 11.3 Å². The van der Waals surface area contributed by atoms with Crippen molar-refractivity contribution >= 4 is 0 Å². The first kappa shape index (κ1) is 13.0. The summed E-state index contributed by atoms with van der Waals surface area (Å²) in [6, 6.07) is 6.31. The zero-order valence-corrected chi connectivity index (χ0v) is 10.5. The molecule has 2 nitrogen and oxygen atoms in total. The zero-order chi connectivity index (χ0) is 12.8. The summed E-state index contributed by atoms with van der Waals surface area (Å²) in [6.45, 7) is 1.14. The SMILES string of the molecule is N#Cc1cc(F)cc(COCC2CCCCC2)c1. The van der Waals surface area contributed by atoms with Crippen LogP contribution in [0.5, 0.6) is 0 Å². The molecule has 0 spiro atoms. The van der Waals surface area contributed by atoms with Crippen LogP contribution in [0.15, 0.2) is 18.2 Å². The molecule has 1 aliphatic rings. The van der Waals surface area contributed by atoms with Crippen LogP contribution in [0, 0.1) is 23.1 Å². The molecule has 0 amide bonds. The molecule has 1 fully saturated rings. The third-order valence-electron chi connectivity index (χ3n) is 3.43. The van der Waals surface area contributed by atoms with Crippen molar-refractivity contribution in [2.75, 3.05) is 6.61 Å². The normalized spacial score (nSPS) is 16.4. The molecule has 18 heavy (non-hydrogen) atoms. The smallest absolute Gasteiger partial charge is 0.124 e. The molecule has 0 radical (unpaired) electrons. The van der Waals surface area contributed by atoms with Crippen LogP contribution in [0.25, 0.3) is 0 Å². The first-order valence-corrected chi connectivity index (χ1v) is 6.55. The molecule has 0 saturated heterocycles. The Morgan fingerprint density at radius 3 is 2.72 bits per heavy atom.